The number of ether oxygens (including phenoxy) is 2. The van der Waals surface area contributed by atoms with Gasteiger partial charge in [-0.3, -0.25) is 14.5 Å². The summed E-state index contributed by atoms with van der Waals surface area (Å²) in [4.78, 5) is 39.5. The fourth-order valence-electron chi connectivity index (χ4n) is 3.22. The highest BCUT2D eigenvalue weighted by Crippen LogP contribution is 2.36. The SMILES string of the molecule is COc1ccc(/C=C2\SC(=O)N(Cc3ccccc3Br)C2=O)cc1OC(=O)c1cccc(Cl)c1. The molecule has 1 fully saturated rings. The van der Waals surface area contributed by atoms with Crippen molar-refractivity contribution < 1.29 is 23.9 Å². The Labute approximate surface area is 213 Å². The van der Waals surface area contributed by atoms with Crippen molar-refractivity contribution in [2.75, 3.05) is 7.11 Å². The predicted octanol–water partition coefficient (Wildman–Crippen LogP) is 6.57. The summed E-state index contributed by atoms with van der Waals surface area (Å²) in [5.41, 5.74) is 1.68. The van der Waals surface area contributed by atoms with Crippen LogP contribution in [0.2, 0.25) is 5.02 Å². The molecule has 0 bridgehead atoms. The Morgan fingerprint density at radius 1 is 1.06 bits per heavy atom. The van der Waals surface area contributed by atoms with E-state index in [1.54, 1.807) is 42.5 Å². The number of halogens is 2. The minimum Gasteiger partial charge on any atom is -0.493 e. The molecular formula is C25H17BrClNO5S. The minimum atomic E-state index is -0.605. The van der Waals surface area contributed by atoms with E-state index in [1.165, 1.54) is 18.1 Å². The molecule has 0 N–H and O–H groups in total. The summed E-state index contributed by atoms with van der Waals surface area (Å²) in [5.74, 6) is -0.478. The molecule has 3 aromatic carbocycles. The fourth-order valence-corrected chi connectivity index (χ4v) is 4.66. The van der Waals surface area contributed by atoms with Crippen LogP contribution in [-0.4, -0.2) is 29.1 Å². The maximum atomic E-state index is 12.9. The van der Waals surface area contributed by atoms with Crippen molar-refractivity contribution >= 4 is 62.5 Å². The van der Waals surface area contributed by atoms with Crippen LogP contribution in [0.25, 0.3) is 6.08 Å². The molecule has 1 heterocycles. The molecule has 172 valence electrons. The number of thioether (sulfide) groups is 1. The van der Waals surface area contributed by atoms with Gasteiger partial charge in [0.2, 0.25) is 0 Å². The van der Waals surface area contributed by atoms with Crippen LogP contribution in [0.3, 0.4) is 0 Å². The maximum Gasteiger partial charge on any atom is 0.343 e. The smallest absolute Gasteiger partial charge is 0.343 e. The summed E-state index contributed by atoms with van der Waals surface area (Å²) >= 11 is 10.3. The number of benzene rings is 3. The molecule has 1 saturated heterocycles. The first-order valence-corrected chi connectivity index (χ1v) is 12.0. The molecule has 0 spiro atoms. The van der Waals surface area contributed by atoms with Gasteiger partial charge in [-0.05, 0) is 65.4 Å². The summed E-state index contributed by atoms with van der Waals surface area (Å²) < 4.78 is 11.6. The number of esters is 1. The first kappa shape index (κ1) is 24.1. The van der Waals surface area contributed by atoms with E-state index in [2.05, 4.69) is 15.9 Å². The molecule has 0 radical (unpaired) electrons. The van der Waals surface area contributed by atoms with E-state index in [-0.39, 0.29) is 33.9 Å². The summed E-state index contributed by atoms with van der Waals surface area (Å²) in [7, 11) is 1.46. The molecule has 1 aliphatic rings. The van der Waals surface area contributed by atoms with E-state index in [1.807, 2.05) is 24.3 Å². The van der Waals surface area contributed by atoms with Crippen LogP contribution < -0.4 is 9.47 Å². The van der Waals surface area contributed by atoms with E-state index >= 15 is 0 Å². The number of carbonyl (C=O) groups excluding carboxylic acids is 3. The first-order valence-electron chi connectivity index (χ1n) is 10.0. The second-order valence-electron chi connectivity index (χ2n) is 7.17. The Hall–Kier alpha value is -3.07. The molecule has 3 aromatic rings. The summed E-state index contributed by atoms with van der Waals surface area (Å²) in [6, 6.07) is 18.7. The monoisotopic (exact) mass is 557 g/mol. The van der Waals surface area contributed by atoms with Gasteiger partial charge in [-0.15, -0.1) is 0 Å². The standard InChI is InChI=1S/C25H17BrClNO5S/c1-32-20-10-9-15(11-21(20)33-24(30)16-6-4-7-18(27)13-16)12-22-23(29)28(25(31)34-22)14-17-5-2-3-8-19(17)26/h2-13H,14H2,1H3/b22-12-. The molecule has 0 aliphatic carbocycles. The number of rotatable bonds is 6. The van der Waals surface area contributed by atoms with Gasteiger partial charge in [0.15, 0.2) is 11.5 Å². The Bertz CT molecular complexity index is 1330. The lowest BCUT2D eigenvalue weighted by atomic mass is 10.1. The Kier molecular flexibility index (Phi) is 7.41. The minimum absolute atomic E-state index is 0.161. The fraction of sp³-hybridized carbons (Fsp3) is 0.0800. The molecule has 0 aromatic heterocycles. The van der Waals surface area contributed by atoms with Crippen LogP contribution in [0, 0.1) is 0 Å². The number of methoxy groups -OCH3 is 1. The number of nitrogens with zero attached hydrogens (tertiary/aromatic N) is 1. The molecule has 34 heavy (non-hydrogen) atoms. The van der Waals surface area contributed by atoms with Crippen molar-refractivity contribution in [3.8, 4) is 11.5 Å². The van der Waals surface area contributed by atoms with Crippen molar-refractivity contribution in [1.82, 2.24) is 4.90 Å². The lowest BCUT2D eigenvalue weighted by molar-refractivity contribution is -0.123. The zero-order valence-corrected chi connectivity index (χ0v) is 20.9. The lowest BCUT2D eigenvalue weighted by Gasteiger charge is -2.13. The molecule has 0 saturated carbocycles. The third kappa shape index (κ3) is 5.35. The van der Waals surface area contributed by atoms with E-state index in [9.17, 15) is 14.4 Å². The summed E-state index contributed by atoms with van der Waals surface area (Å²) in [6.07, 6.45) is 1.58. The molecule has 2 amide bonds. The van der Waals surface area contributed by atoms with Crippen LogP contribution in [0.15, 0.2) is 76.1 Å². The molecule has 0 atom stereocenters. The third-order valence-electron chi connectivity index (χ3n) is 4.91. The van der Waals surface area contributed by atoms with E-state index in [0.717, 1.165) is 21.8 Å². The predicted molar refractivity (Wildman–Crippen MR) is 135 cm³/mol. The molecular weight excluding hydrogens is 542 g/mol. The third-order valence-corrected chi connectivity index (χ3v) is 6.82. The Morgan fingerprint density at radius 3 is 2.59 bits per heavy atom. The van der Waals surface area contributed by atoms with Crippen LogP contribution in [-0.2, 0) is 11.3 Å². The van der Waals surface area contributed by atoms with Gasteiger partial charge in [0, 0.05) is 9.50 Å². The van der Waals surface area contributed by atoms with Gasteiger partial charge in [0.25, 0.3) is 11.1 Å². The van der Waals surface area contributed by atoms with Crippen LogP contribution >= 0.6 is 39.3 Å². The Morgan fingerprint density at radius 2 is 1.85 bits per heavy atom. The van der Waals surface area contributed by atoms with E-state index < -0.39 is 5.97 Å². The van der Waals surface area contributed by atoms with Gasteiger partial charge >= 0.3 is 5.97 Å². The second kappa shape index (κ2) is 10.5. The van der Waals surface area contributed by atoms with Crippen molar-refractivity contribution in [2.45, 2.75) is 6.54 Å². The number of imide groups is 1. The van der Waals surface area contributed by atoms with Gasteiger partial charge in [-0.25, -0.2) is 4.79 Å². The van der Waals surface area contributed by atoms with Crippen molar-refractivity contribution in [3.05, 3.63) is 97.8 Å². The van der Waals surface area contributed by atoms with E-state index in [4.69, 9.17) is 21.1 Å². The molecule has 6 nitrogen and oxygen atoms in total. The van der Waals surface area contributed by atoms with Gasteiger partial charge in [-0.1, -0.05) is 57.9 Å². The quantitative estimate of drug-likeness (QED) is 0.194. The van der Waals surface area contributed by atoms with Gasteiger partial charge in [0.1, 0.15) is 0 Å². The average Bonchev–Trinajstić information content (AvgIpc) is 3.08. The van der Waals surface area contributed by atoms with Crippen LogP contribution in [0.1, 0.15) is 21.5 Å². The highest BCUT2D eigenvalue weighted by Gasteiger charge is 2.35. The van der Waals surface area contributed by atoms with Crippen LogP contribution in [0.4, 0.5) is 4.79 Å². The normalized spacial score (nSPS) is 14.6. The zero-order chi connectivity index (χ0) is 24.2. The largest absolute Gasteiger partial charge is 0.493 e. The van der Waals surface area contributed by atoms with Crippen molar-refractivity contribution in [1.29, 1.82) is 0 Å². The molecule has 0 unspecified atom stereocenters. The van der Waals surface area contributed by atoms with Crippen LogP contribution in [0.5, 0.6) is 11.5 Å². The van der Waals surface area contributed by atoms with Gasteiger partial charge in [-0.2, -0.15) is 0 Å². The van der Waals surface area contributed by atoms with Crippen molar-refractivity contribution in [3.63, 3.8) is 0 Å². The number of hydrogen-bond acceptors (Lipinski definition) is 6. The van der Waals surface area contributed by atoms with Gasteiger partial charge in [0.05, 0.1) is 24.1 Å². The van der Waals surface area contributed by atoms with E-state index in [0.29, 0.717) is 16.3 Å². The topological polar surface area (TPSA) is 72.9 Å². The zero-order valence-electron chi connectivity index (χ0n) is 17.8. The number of carbonyl (C=O) groups is 3. The lowest BCUT2D eigenvalue weighted by Crippen LogP contribution is -2.27. The number of amides is 2. The summed E-state index contributed by atoms with van der Waals surface area (Å²) in [5, 5.41) is 0.0570. The average molecular weight is 559 g/mol. The first-order chi connectivity index (χ1) is 16.4. The number of hydrogen-bond donors (Lipinski definition) is 0. The highest BCUT2D eigenvalue weighted by molar-refractivity contribution is 9.10. The highest BCUT2D eigenvalue weighted by atomic mass is 79.9. The van der Waals surface area contributed by atoms with Gasteiger partial charge < -0.3 is 9.47 Å². The Balaban J connectivity index is 1.57. The maximum absolute atomic E-state index is 12.9. The second-order valence-corrected chi connectivity index (χ2v) is 9.45. The van der Waals surface area contributed by atoms with Crippen molar-refractivity contribution in [2.24, 2.45) is 0 Å². The molecule has 9 heteroatoms. The molecule has 4 rings (SSSR count). The summed E-state index contributed by atoms with van der Waals surface area (Å²) in [6.45, 7) is 0.161. The molecule has 1 aliphatic heterocycles.